The summed E-state index contributed by atoms with van der Waals surface area (Å²) >= 11 is 0. The number of carbonyl (C=O) groups is 1. The van der Waals surface area contributed by atoms with E-state index in [-0.39, 0.29) is 0 Å². The Morgan fingerprint density at radius 1 is 1.24 bits per heavy atom. The van der Waals surface area contributed by atoms with Crippen molar-refractivity contribution in [3.05, 3.63) is 22.9 Å². The molecule has 1 heterocycles. The molecule has 112 valence electrons. The summed E-state index contributed by atoms with van der Waals surface area (Å²) in [5.74, 6) is 0.676. The van der Waals surface area contributed by atoms with Crippen LogP contribution in [0.5, 0.6) is 0 Å². The third-order valence-electron chi connectivity index (χ3n) is 4.92. The van der Waals surface area contributed by atoms with E-state index in [1.54, 1.807) is 0 Å². The molecule has 3 aliphatic carbocycles. The number of pyridine rings is 1. The fraction of sp³-hybridized carbons (Fsp3) is 0.647. The number of hydrogen-bond acceptors (Lipinski definition) is 3. The predicted octanol–water partition coefficient (Wildman–Crippen LogP) is 3.04. The van der Waals surface area contributed by atoms with Crippen LogP contribution in [-0.4, -0.2) is 28.6 Å². The highest BCUT2D eigenvalue weighted by molar-refractivity contribution is 5.93. The molecule has 2 fully saturated rings. The van der Waals surface area contributed by atoms with Crippen molar-refractivity contribution < 1.29 is 9.90 Å². The standard InChI is InChI=1S/C17H22N2O2/c20-17(21)14-9-12-3-1-2-4-15(12)18-16(14)19(13-7-8-13)10-11-5-6-11/h9,11,13H,1-8,10H2,(H,20,21). The molecule has 0 amide bonds. The molecule has 2 saturated carbocycles. The van der Waals surface area contributed by atoms with E-state index in [0.717, 1.165) is 48.8 Å². The second kappa shape index (κ2) is 5.00. The summed E-state index contributed by atoms with van der Waals surface area (Å²) in [7, 11) is 0. The molecule has 0 unspecified atom stereocenters. The minimum Gasteiger partial charge on any atom is -0.478 e. The lowest BCUT2D eigenvalue weighted by Crippen LogP contribution is -2.31. The van der Waals surface area contributed by atoms with Crippen LogP contribution in [0.3, 0.4) is 0 Å². The first-order valence-electron chi connectivity index (χ1n) is 8.25. The Morgan fingerprint density at radius 2 is 2.00 bits per heavy atom. The Morgan fingerprint density at radius 3 is 2.67 bits per heavy atom. The summed E-state index contributed by atoms with van der Waals surface area (Å²) in [5.41, 5.74) is 2.72. The van der Waals surface area contributed by atoms with E-state index < -0.39 is 5.97 Å². The zero-order valence-corrected chi connectivity index (χ0v) is 12.3. The number of rotatable bonds is 5. The average molecular weight is 286 g/mol. The van der Waals surface area contributed by atoms with E-state index in [4.69, 9.17) is 4.98 Å². The second-order valence-electron chi connectivity index (χ2n) is 6.80. The molecule has 1 N–H and O–H groups in total. The van der Waals surface area contributed by atoms with Gasteiger partial charge in [-0.15, -0.1) is 0 Å². The lowest BCUT2D eigenvalue weighted by atomic mass is 9.94. The molecule has 21 heavy (non-hydrogen) atoms. The Kier molecular flexibility index (Phi) is 3.12. The maximum atomic E-state index is 11.7. The molecule has 1 aromatic heterocycles. The van der Waals surface area contributed by atoms with E-state index in [0.29, 0.717) is 11.6 Å². The van der Waals surface area contributed by atoms with Gasteiger partial charge in [0, 0.05) is 18.3 Å². The molecule has 1 aromatic rings. The van der Waals surface area contributed by atoms with Crippen molar-refractivity contribution in [2.75, 3.05) is 11.4 Å². The monoisotopic (exact) mass is 286 g/mol. The van der Waals surface area contributed by atoms with E-state index in [1.165, 1.54) is 32.1 Å². The summed E-state index contributed by atoms with van der Waals surface area (Å²) in [5, 5.41) is 9.60. The summed E-state index contributed by atoms with van der Waals surface area (Å²) in [4.78, 5) is 18.8. The quantitative estimate of drug-likeness (QED) is 0.904. The molecule has 3 aliphatic rings. The molecule has 0 aromatic carbocycles. The first-order chi connectivity index (χ1) is 10.2. The molecular weight excluding hydrogens is 264 g/mol. The number of aromatic carboxylic acids is 1. The van der Waals surface area contributed by atoms with Gasteiger partial charge in [-0.05, 0) is 68.9 Å². The van der Waals surface area contributed by atoms with Crippen LogP contribution >= 0.6 is 0 Å². The molecule has 4 nitrogen and oxygen atoms in total. The second-order valence-corrected chi connectivity index (χ2v) is 6.80. The van der Waals surface area contributed by atoms with Gasteiger partial charge in [-0.25, -0.2) is 9.78 Å². The Hall–Kier alpha value is -1.58. The number of aryl methyl sites for hydroxylation is 2. The van der Waals surface area contributed by atoms with E-state index in [9.17, 15) is 9.90 Å². The Bertz CT molecular complexity index is 576. The zero-order valence-electron chi connectivity index (χ0n) is 12.3. The molecule has 4 rings (SSSR count). The van der Waals surface area contributed by atoms with Crippen LogP contribution in [0.4, 0.5) is 5.82 Å². The number of carboxylic acid groups (broad SMARTS) is 1. The fourth-order valence-electron chi connectivity index (χ4n) is 3.37. The van der Waals surface area contributed by atoms with Crippen LogP contribution in [0.2, 0.25) is 0 Å². The first-order valence-corrected chi connectivity index (χ1v) is 8.25. The minimum atomic E-state index is -0.827. The first kappa shape index (κ1) is 13.1. The van der Waals surface area contributed by atoms with Gasteiger partial charge in [-0.1, -0.05) is 0 Å². The molecule has 0 bridgehead atoms. The van der Waals surface area contributed by atoms with Crippen molar-refractivity contribution in [3.8, 4) is 0 Å². The topological polar surface area (TPSA) is 53.4 Å². The molecule has 0 saturated heterocycles. The third-order valence-corrected chi connectivity index (χ3v) is 4.92. The van der Waals surface area contributed by atoms with E-state index in [1.807, 2.05) is 6.07 Å². The molecular formula is C17H22N2O2. The largest absolute Gasteiger partial charge is 0.478 e. The summed E-state index contributed by atoms with van der Waals surface area (Å²) < 4.78 is 0. The van der Waals surface area contributed by atoms with Crippen LogP contribution in [0.1, 0.15) is 60.1 Å². The van der Waals surface area contributed by atoms with Gasteiger partial charge in [0.15, 0.2) is 0 Å². The van der Waals surface area contributed by atoms with Gasteiger partial charge in [0.2, 0.25) is 0 Å². The smallest absolute Gasteiger partial charge is 0.339 e. The Labute approximate surface area is 125 Å². The highest BCUT2D eigenvalue weighted by Gasteiger charge is 2.36. The number of carboxylic acids is 1. The van der Waals surface area contributed by atoms with Gasteiger partial charge < -0.3 is 10.0 Å². The highest BCUT2D eigenvalue weighted by Crippen LogP contribution is 2.39. The van der Waals surface area contributed by atoms with Crippen LogP contribution < -0.4 is 4.90 Å². The predicted molar refractivity (Wildman–Crippen MR) is 80.9 cm³/mol. The molecule has 4 heteroatoms. The maximum Gasteiger partial charge on any atom is 0.339 e. The van der Waals surface area contributed by atoms with Crippen LogP contribution in [-0.2, 0) is 12.8 Å². The van der Waals surface area contributed by atoms with Crippen LogP contribution in [0.25, 0.3) is 0 Å². The molecule has 0 atom stereocenters. The summed E-state index contributed by atoms with van der Waals surface area (Å²) in [6, 6.07) is 2.43. The zero-order chi connectivity index (χ0) is 14.4. The number of hydrogen-bond donors (Lipinski definition) is 1. The normalized spacial score (nSPS) is 21.0. The third kappa shape index (κ3) is 2.63. The number of anilines is 1. The van der Waals surface area contributed by atoms with Crippen LogP contribution in [0.15, 0.2) is 6.07 Å². The van der Waals surface area contributed by atoms with Gasteiger partial charge >= 0.3 is 5.97 Å². The van der Waals surface area contributed by atoms with Crippen molar-refractivity contribution >= 4 is 11.8 Å². The molecule has 0 aliphatic heterocycles. The fourth-order valence-corrected chi connectivity index (χ4v) is 3.37. The Balaban J connectivity index is 1.74. The van der Waals surface area contributed by atoms with Gasteiger partial charge in [0.25, 0.3) is 0 Å². The van der Waals surface area contributed by atoms with Gasteiger partial charge in [-0.2, -0.15) is 0 Å². The van der Waals surface area contributed by atoms with E-state index in [2.05, 4.69) is 4.90 Å². The highest BCUT2D eigenvalue weighted by atomic mass is 16.4. The number of fused-ring (bicyclic) bond motifs is 1. The minimum absolute atomic E-state index is 0.420. The van der Waals surface area contributed by atoms with Crippen molar-refractivity contribution in [2.45, 2.75) is 57.4 Å². The van der Waals surface area contributed by atoms with Gasteiger partial charge in [-0.3, -0.25) is 0 Å². The van der Waals surface area contributed by atoms with Crippen molar-refractivity contribution in [2.24, 2.45) is 5.92 Å². The van der Waals surface area contributed by atoms with Gasteiger partial charge in [0.1, 0.15) is 11.4 Å². The SMILES string of the molecule is O=C(O)c1cc2c(nc1N(CC1CC1)C1CC1)CCCC2. The van der Waals surface area contributed by atoms with Crippen LogP contribution in [0, 0.1) is 5.92 Å². The lowest BCUT2D eigenvalue weighted by Gasteiger charge is -2.27. The van der Waals surface area contributed by atoms with Crippen molar-refractivity contribution in [1.29, 1.82) is 0 Å². The number of nitrogens with zero attached hydrogens (tertiary/aromatic N) is 2. The lowest BCUT2D eigenvalue weighted by molar-refractivity contribution is 0.0697. The van der Waals surface area contributed by atoms with Crippen molar-refractivity contribution in [1.82, 2.24) is 4.98 Å². The molecule has 0 radical (unpaired) electrons. The summed E-state index contributed by atoms with van der Waals surface area (Å²) in [6.07, 6.45) is 9.26. The van der Waals surface area contributed by atoms with Crippen molar-refractivity contribution in [3.63, 3.8) is 0 Å². The average Bonchev–Trinajstić information content (AvgIpc) is 3.36. The maximum absolute atomic E-state index is 11.7. The van der Waals surface area contributed by atoms with Gasteiger partial charge in [0.05, 0.1) is 0 Å². The summed E-state index contributed by atoms with van der Waals surface area (Å²) in [6.45, 7) is 0.997. The number of aromatic nitrogens is 1. The molecule has 0 spiro atoms. The van der Waals surface area contributed by atoms with E-state index >= 15 is 0 Å².